The first kappa shape index (κ1) is 14.2. The summed E-state index contributed by atoms with van der Waals surface area (Å²) in [7, 11) is 0. The molecule has 0 aromatic rings. The van der Waals surface area contributed by atoms with Gasteiger partial charge in [-0.3, -0.25) is 4.79 Å². The SMILES string of the molecule is CC1SCCN(C(=O)CCC2CCCNC2)C1C. The van der Waals surface area contributed by atoms with E-state index in [1.165, 1.54) is 12.8 Å². The van der Waals surface area contributed by atoms with Crippen LogP contribution in [0.4, 0.5) is 0 Å². The number of thioether (sulfide) groups is 1. The number of rotatable bonds is 3. The average molecular weight is 270 g/mol. The number of carbonyl (C=O) groups is 1. The lowest BCUT2D eigenvalue weighted by Gasteiger charge is -2.38. The van der Waals surface area contributed by atoms with Crippen LogP contribution >= 0.6 is 11.8 Å². The summed E-state index contributed by atoms with van der Waals surface area (Å²) < 4.78 is 0. The number of piperidine rings is 1. The van der Waals surface area contributed by atoms with Crippen LogP contribution in [0.3, 0.4) is 0 Å². The molecule has 2 saturated heterocycles. The molecule has 2 aliphatic rings. The summed E-state index contributed by atoms with van der Waals surface area (Å²) in [5.41, 5.74) is 0. The zero-order chi connectivity index (χ0) is 13.0. The molecule has 2 aliphatic heterocycles. The smallest absolute Gasteiger partial charge is 0.222 e. The molecular formula is C14H26N2OS. The Morgan fingerprint density at radius 2 is 2.28 bits per heavy atom. The van der Waals surface area contributed by atoms with Gasteiger partial charge >= 0.3 is 0 Å². The maximum atomic E-state index is 12.3. The third-order valence-corrected chi connectivity index (χ3v) is 5.71. The van der Waals surface area contributed by atoms with E-state index < -0.39 is 0 Å². The van der Waals surface area contributed by atoms with E-state index in [1.807, 2.05) is 11.8 Å². The van der Waals surface area contributed by atoms with Crippen LogP contribution in [0, 0.1) is 5.92 Å². The Morgan fingerprint density at radius 3 is 3.00 bits per heavy atom. The molecule has 3 nitrogen and oxygen atoms in total. The van der Waals surface area contributed by atoms with Gasteiger partial charge in [0.05, 0.1) is 0 Å². The monoisotopic (exact) mass is 270 g/mol. The van der Waals surface area contributed by atoms with Gasteiger partial charge in [-0.15, -0.1) is 0 Å². The zero-order valence-corrected chi connectivity index (χ0v) is 12.5. The Morgan fingerprint density at radius 1 is 1.44 bits per heavy atom. The summed E-state index contributed by atoms with van der Waals surface area (Å²) in [5.74, 6) is 2.19. The molecule has 2 fully saturated rings. The number of amides is 1. The van der Waals surface area contributed by atoms with Crippen molar-refractivity contribution in [3.63, 3.8) is 0 Å². The van der Waals surface area contributed by atoms with Gasteiger partial charge in [0.1, 0.15) is 0 Å². The van der Waals surface area contributed by atoms with Crippen LogP contribution in [0.15, 0.2) is 0 Å². The van der Waals surface area contributed by atoms with Crippen LogP contribution in [0.1, 0.15) is 39.5 Å². The summed E-state index contributed by atoms with van der Waals surface area (Å²) in [4.78, 5) is 14.4. The normalized spacial score (nSPS) is 33.4. The first-order valence-corrected chi connectivity index (χ1v) is 8.35. The predicted molar refractivity (Wildman–Crippen MR) is 77.9 cm³/mol. The van der Waals surface area contributed by atoms with Crippen molar-refractivity contribution < 1.29 is 4.79 Å². The molecule has 0 aromatic heterocycles. The number of nitrogens with zero attached hydrogens (tertiary/aromatic N) is 1. The Hall–Kier alpha value is -0.220. The number of nitrogens with one attached hydrogen (secondary N) is 1. The summed E-state index contributed by atoms with van der Waals surface area (Å²) in [6, 6.07) is 0.403. The molecule has 3 unspecified atom stereocenters. The fourth-order valence-electron chi connectivity index (χ4n) is 2.93. The highest BCUT2D eigenvalue weighted by Gasteiger charge is 2.28. The molecule has 1 N–H and O–H groups in total. The standard InChI is InChI=1S/C14H26N2OS/c1-11-12(2)18-9-8-16(11)14(17)6-5-13-4-3-7-15-10-13/h11-13,15H,3-10H2,1-2H3. The van der Waals surface area contributed by atoms with E-state index >= 15 is 0 Å². The van der Waals surface area contributed by atoms with E-state index in [4.69, 9.17) is 0 Å². The van der Waals surface area contributed by atoms with Gasteiger partial charge in [-0.1, -0.05) is 6.92 Å². The second kappa shape index (κ2) is 6.80. The van der Waals surface area contributed by atoms with Crippen LogP contribution in [0.25, 0.3) is 0 Å². The van der Waals surface area contributed by atoms with E-state index in [0.29, 0.717) is 17.2 Å². The van der Waals surface area contributed by atoms with Crippen molar-refractivity contribution in [3.8, 4) is 0 Å². The maximum absolute atomic E-state index is 12.3. The summed E-state index contributed by atoms with van der Waals surface area (Å²) >= 11 is 1.99. The third kappa shape index (κ3) is 3.64. The second-order valence-electron chi connectivity index (χ2n) is 5.65. The molecule has 18 heavy (non-hydrogen) atoms. The van der Waals surface area contributed by atoms with Gasteiger partial charge in [-0.05, 0) is 45.2 Å². The Bertz CT molecular complexity index is 279. The molecular weight excluding hydrogens is 244 g/mol. The minimum absolute atomic E-state index is 0.375. The van der Waals surface area contributed by atoms with Gasteiger partial charge in [0.2, 0.25) is 5.91 Å². The molecule has 2 heterocycles. The van der Waals surface area contributed by atoms with Gasteiger partial charge in [-0.2, -0.15) is 11.8 Å². The number of carbonyl (C=O) groups excluding carboxylic acids is 1. The van der Waals surface area contributed by atoms with Gasteiger partial charge < -0.3 is 10.2 Å². The van der Waals surface area contributed by atoms with Crippen LogP contribution in [-0.4, -0.2) is 47.5 Å². The molecule has 0 bridgehead atoms. The highest BCUT2D eigenvalue weighted by Crippen LogP contribution is 2.25. The molecule has 0 aromatic carbocycles. The topological polar surface area (TPSA) is 32.3 Å². The van der Waals surface area contributed by atoms with Crippen LogP contribution in [-0.2, 0) is 4.79 Å². The molecule has 0 saturated carbocycles. The lowest BCUT2D eigenvalue weighted by Crippen LogP contribution is -2.48. The van der Waals surface area contributed by atoms with E-state index in [2.05, 4.69) is 24.1 Å². The van der Waals surface area contributed by atoms with Crippen molar-refractivity contribution in [1.29, 1.82) is 0 Å². The lowest BCUT2D eigenvalue weighted by atomic mass is 9.94. The first-order valence-electron chi connectivity index (χ1n) is 7.30. The second-order valence-corrected chi connectivity index (χ2v) is 7.14. The van der Waals surface area contributed by atoms with E-state index in [-0.39, 0.29) is 0 Å². The number of hydrogen-bond donors (Lipinski definition) is 1. The highest BCUT2D eigenvalue weighted by atomic mass is 32.2. The van der Waals surface area contributed by atoms with Crippen molar-refractivity contribution in [1.82, 2.24) is 10.2 Å². The third-order valence-electron chi connectivity index (χ3n) is 4.37. The molecule has 0 spiro atoms. The lowest BCUT2D eigenvalue weighted by molar-refractivity contribution is -0.133. The largest absolute Gasteiger partial charge is 0.338 e. The molecule has 0 aliphatic carbocycles. The molecule has 2 rings (SSSR count). The zero-order valence-electron chi connectivity index (χ0n) is 11.7. The summed E-state index contributed by atoms with van der Waals surface area (Å²) in [5, 5.41) is 4.01. The molecule has 104 valence electrons. The van der Waals surface area contributed by atoms with Gasteiger partial charge in [0, 0.05) is 30.0 Å². The van der Waals surface area contributed by atoms with E-state index in [0.717, 1.165) is 44.1 Å². The van der Waals surface area contributed by atoms with E-state index in [1.54, 1.807) is 0 Å². The van der Waals surface area contributed by atoms with E-state index in [9.17, 15) is 4.79 Å². The minimum Gasteiger partial charge on any atom is -0.338 e. The average Bonchev–Trinajstić information content (AvgIpc) is 2.40. The maximum Gasteiger partial charge on any atom is 0.222 e. The van der Waals surface area contributed by atoms with Crippen molar-refractivity contribution in [2.75, 3.05) is 25.4 Å². The minimum atomic E-state index is 0.375. The van der Waals surface area contributed by atoms with Gasteiger partial charge in [0.15, 0.2) is 0 Å². The van der Waals surface area contributed by atoms with Crippen LogP contribution in [0.2, 0.25) is 0 Å². The molecule has 3 atom stereocenters. The summed E-state index contributed by atoms with van der Waals surface area (Å²) in [6.45, 7) is 7.63. The van der Waals surface area contributed by atoms with Crippen molar-refractivity contribution in [3.05, 3.63) is 0 Å². The fraction of sp³-hybridized carbons (Fsp3) is 0.929. The molecule has 0 radical (unpaired) electrons. The van der Waals surface area contributed by atoms with Crippen LogP contribution < -0.4 is 5.32 Å². The Kier molecular flexibility index (Phi) is 5.37. The molecule has 4 heteroatoms. The highest BCUT2D eigenvalue weighted by molar-refractivity contribution is 8.00. The number of hydrogen-bond acceptors (Lipinski definition) is 3. The van der Waals surface area contributed by atoms with Crippen LogP contribution in [0.5, 0.6) is 0 Å². The molecule has 1 amide bonds. The first-order chi connectivity index (χ1) is 8.68. The van der Waals surface area contributed by atoms with Crippen molar-refractivity contribution in [2.24, 2.45) is 5.92 Å². The Balaban J connectivity index is 1.76. The van der Waals surface area contributed by atoms with Crippen molar-refractivity contribution in [2.45, 2.75) is 50.8 Å². The van der Waals surface area contributed by atoms with Gasteiger partial charge in [-0.25, -0.2) is 0 Å². The predicted octanol–water partition coefficient (Wildman–Crippen LogP) is 2.12. The summed E-state index contributed by atoms with van der Waals surface area (Å²) in [6.07, 6.45) is 4.37. The van der Waals surface area contributed by atoms with Crippen molar-refractivity contribution >= 4 is 17.7 Å². The Labute approximate surface area is 115 Å². The van der Waals surface area contributed by atoms with Gasteiger partial charge in [0.25, 0.3) is 0 Å². The fourth-order valence-corrected chi connectivity index (χ4v) is 4.03. The quantitative estimate of drug-likeness (QED) is 0.852.